The van der Waals surface area contributed by atoms with Crippen LogP contribution in [0.4, 0.5) is 0 Å². The fourth-order valence-corrected chi connectivity index (χ4v) is 3.50. The zero-order valence-corrected chi connectivity index (χ0v) is 13.9. The third-order valence-corrected chi connectivity index (χ3v) is 5.05. The first-order valence-electron chi connectivity index (χ1n) is 7.73. The summed E-state index contributed by atoms with van der Waals surface area (Å²) in [7, 11) is 1.79. The zero-order chi connectivity index (χ0) is 15.4. The topological polar surface area (TPSA) is 67.1 Å². The molecule has 0 radical (unpaired) electrons. The SMILES string of the molecule is CCc1ccc(CNC(=NC)NCc2nnc3n2CCC3)s1. The summed E-state index contributed by atoms with van der Waals surface area (Å²) in [5, 5.41) is 15.1. The molecular weight excluding hydrogens is 296 g/mol. The standard InChI is InChI=1S/C15H22N6S/c1-3-11-6-7-12(22-11)9-17-15(16-2)18-10-14-20-19-13-5-4-8-21(13)14/h6-7H,3-5,8-10H2,1-2H3,(H2,16,17,18). The smallest absolute Gasteiger partial charge is 0.191 e. The van der Waals surface area contributed by atoms with Crippen LogP contribution in [0.3, 0.4) is 0 Å². The van der Waals surface area contributed by atoms with Gasteiger partial charge in [-0.05, 0) is 25.0 Å². The molecule has 0 atom stereocenters. The highest BCUT2D eigenvalue weighted by Gasteiger charge is 2.17. The van der Waals surface area contributed by atoms with E-state index >= 15 is 0 Å². The van der Waals surface area contributed by atoms with Gasteiger partial charge in [0.05, 0.1) is 13.1 Å². The Hall–Kier alpha value is -1.89. The zero-order valence-electron chi connectivity index (χ0n) is 13.1. The Morgan fingerprint density at radius 3 is 2.86 bits per heavy atom. The van der Waals surface area contributed by atoms with Gasteiger partial charge in [0.25, 0.3) is 0 Å². The first-order valence-corrected chi connectivity index (χ1v) is 8.55. The van der Waals surface area contributed by atoms with Crippen molar-refractivity contribution in [2.75, 3.05) is 7.05 Å². The van der Waals surface area contributed by atoms with Gasteiger partial charge in [-0.15, -0.1) is 21.5 Å². The van der Waals surface area contributed by atoms with Crippen LogP contribution >= 0.6 is 11.3 Å². The Labute approximate surface area is 134 Å². The maximum atomic E-state index is 4.26. The molecule has 2 aromatic heterocycles. The van der Waals surface area contributed by atoms with Crippen molar-refractivity contribution in [1.82, 2.24) is 25.4 Å². The van der Waals surface area contributed by atoms with E-state index in [4.69, 9.17) is 0 Å². The molecule has 0 spiro atoms. The van der Waals surface area contributed by atoms with E-state index in [1.165, 1.54) is 16.2 Å². The Morgan fingerprint density at radius 2 is 2.09 bits per heavy atom. The fourth-order valence-electron chi connectivity index (χ4n) is 2.60. The first-order chi connectivity index (χ1) is 10.8. The molecule has 2 N–H and O–H groups in total. The third-order valence-electron chi connectivity index (χ3n) is 3.82. The Kier molecular flexibility index (Phi) is 4.72. The molecular formula is C15H22N6S. The quantitative estimate of drug-likeness (QED) is 0.651. The van der Waals surface area contributed by atoms with Gasteiger partial charge in [-0.25, -0.2) is 0 Å². The first kappa shape index (κ1) is 15.0. The molecule has 1 aliphatic rings. The van der Waals surface area contributed by atoms with Gasteiger partial charge in [0.2, 0.25) is 0 Å². The van der Waals surface area contributed by atoms with Gasteiger partial charge in [0, 0.05) is 29.8 Å². The van der Waals surface area contributed by atoms with E-state index in [9.17, 15) is 0 Å². The van der Waals surface area contributed by atoms with Crippen molar-refractivity contribution in [3.8, 4) is 0 Å². The summed E-state index contributed by atoms with van der Waals surface area (Å²) in [6.45, 7) is 4.65. The molecule has 22 heavy (non-hydrogen) atoms. The van der Waals surface area contributed by atoms with Crippen molar-refractivity contribution in [2.45, 2.75) is 45.8 Å². The molecule has 7 heteroatoms. The number of aryl methyl sites for hydroxylation is 2. The molecule has 0 saturated heterocycles. The lowest BCUT2D eigenvalue weighted by molar-refractivity contribution is 0.663. The van der Waals surface area contributed by atoms with Crippen LogP contribution in [0.25, 0.3) is 0 Å². The summed E-state index contributed by atoms with van der Waals surface area (Å²) < 4.78 is 2.20. The molecule has 3 rings (SSSR count). The maximum absolute atomic E-state index is 4.26. The molecule has 0 amide bonds. The molecule has 0 aromatic carbocycles. The number of hydrogen-bond donors (Lipinski definition) is 2. The molecule has 0 saturated carbocycles. The molecule has 3 heterocycles. The van der Waals surface area contributed by atoms with Crippen LogP contribution in [-0.2, 0) is 32.5 Å². The highest BCUT2D eigenvalue weighted by molar-refractivity contribution is 7.11. The number of guanidine groups is 1. The normalized spacial score (nSPS) is 14.2. The van der Waals surface area contributed by atoms with E-state index in [1.807, 2.05) is 11.3 Å². The minimum Gasteiger partial charge on any atom is -0.352 e. The van der Waals surface area contributed by atoms with Crippen molar-refractivity contribution in [1.29, 1.82) is 0 Å². The lowest BCUT2D eigenvalue weighted by Crippen LogP contribution is -2.36. The summed E-state index contributed by atoms with van der Waals surface area (Å²) >= 11 is 1.85. The predicted octanol–water partition coefficient (Wildman–Crippen LogP) is 1.71. The minimum absolute atomic E-state index is 0.650. The maximum Gasteiger partial charge on any atom is 0.191 e. The molecule has 6 nitrogen and oxygen atoms in total. The fraction of sp³-hybridized carbons (Fsp3) is 0.533. The lowest BCUT2D eigenvalue weighted by Gasteiger charge is -2.11. The lowest BCUT2D eigenvalue weighted by atomic mass is 10.4. The third kappa shape index (κ3) is 3.30. The van der Waals surface area contributed by atoms with Gasteiger partial charge < -0.3 is 15.2 Å². The predicted molar refractivity (Wildman–Crippen MR) is 89.1 cm³/mol. The molecule has 0 fully saturated rings. The number of aromatic nitrogens is 3. The molecule has 1 aliphatic heterocycles. The van der Waals surface area contributed by atoms with E-state index in [1.54, 1.807) is 7.05 Å². The second-order valence-electron chi connectivity index (χ2n) is 5.29. The number of rotatable bonds is 5. The van der Waals surface area contributed by atoms with Gasteiger partial charge in [-0.3, -0.25) is 4.99 Å². The van der Waals surface area contributed by atoms with Crippen molar-refractivity contribution in [2.24, 2.45) is 4.99 Å². The Morgan fingerprint density at radius 1 is 1.27 bits per heavy atom. The largest absolute Gasteiger partial charge is 0.352 e. The summed E-state index contributed by atoms with van der Waals surface area (Å²) in [5.41, 5.74) is 0. The van der Waals surface area contributed by atoms with Crippen LogP contribution < -0.4 is 10.6 Å². The van der Waals surface area contributed by atoms with E-state index in [-0.39, 0.29) is 0 Å². The van der Waals surface area contributed by atoms with E-state index < -0.39 is 0 Å². The van der Waals surface area contributed by atoms with Gasteiger partial charge in [0.1, 0.15) is 5.82 Å². The number of hydrogen-bond acceptors (Lipinski definition) is 4. The van der Waals surface area contributed by atoms with Crippen LogP contribution in [-0.4, -0.2) is 27.8 Å². The molecule has 2 aromatic rings. The number of nitrogens with one attached hydrogen (secondary N) is 2. The number of nitrogens with zero attached hydrogens (tertiary/aromatic N) is 4. The number of aliphatic imine (C=N–C) groups is 1. The minimum atomic E-state index is 0.650. The van der Waals surface area contributed by atoms with Gasteiger partial charge in [-0.1, -0.05) is 6.92 Å². The Bertz CT molecular complexity index is 657. The van der Waals surface area contributed by atoms with Crippen molar-refractivity contribution in [3.05, 3.63) is 33.5 Å². The van der Waals surface area contributed by atoms with Crippen molar-refractivity contribution in [3.63, 3.8) is 0 Å². The molecule has 0 aliphatic carbocycles. The second-order valence-corrected chi connectivity index (χ2v) is 6.54. The van der Waals surface area contributed by atoms with Crippen LogP contribution in [0.1, 0.15) is 34.7 Å². The highest BCUT2D eigenvalue weighted by atomic mass is 32.1. The summed E-state index contributed by atoms with van der Waals surface area (Å²) in [6.07, 6.45) is 3.30. The van der Waals surface area contributed by atoms with E-state index in [0.29, 0.717) is 6.54 Å². The summed E-state index contributed by atoms with van der Waals surface area (Å²) in [6, 6.07) is 4.37. The van der Waals surface area contributed by atoms with E-state index in [0.717, 1.165) is 43.5 Å². The monoisotopic (exact) mass is 318 g/mol. The van der Waals surface area contributed by atoms with Crippen molar-refractivity contribution >= 4 is 17.3 Å². The average Bonchev–Trinajstić information content (AvgIpc) is 3.24. The average molecular weight is 318 g/mol. The highest BCUT2D eigenvalue weighted by Crippen LogP contribution is 2.16. The second kappa shape index (κ2) is 6.91. The van der Waals surface area contributed by atoms with Gasteiger partial charge in [0.15, 0.2) is 11.8 Å². The molecule has 0 unspecified atom stereocenters. The van der Waals surface area contributed by atoms with Gasteiger partial charge >= 0.3 is 0 Å². The number of fused-ring (bicyclic) bond motifs is 1. The summed E-state index contributed by atoms with van der Waals surface area (Å²) in [5.74, 6) is 2.88. The van der Waals surface area contributed by atoms with Crippen LogP contribution in [0.15, 0.2) is 17.1 Å². The summed E-state index contributed by atoms with van der Waals surface area (Å²) in [4.78, 5) is 7.00. The van der Waals surface area contributed by atoms with Crippen LogP contribution in [0, 0.1) is 0 Å². The van der Waals surface area contributed by atoms with Crippen LogP contribution in [0.5, 0.6) is 0 Å². The number of thiophene rings is 1. The molecule has 118 valence electrons. The molecule has 0 bridgehead atoms. The van der Waals surface area contributed by atoms with Crippen molar-refractivity contribution < 1.29 is 0 Å². The Balaban J connectivity index is 1.51. The van der Waals surface area contributed by atoms with E-state index in [2.05, 4.69) is 49.4 Å². The van der Waals surface area contributed by atoms with Gasteiger partial charge in [-0.2, -0.15) is 0 Å². The van der Waals surface area contributed by atoms with Crippen LogP contribution in [0.2, 0.25) is 0 Å².